The summed E-state index contributed by atoms with van der Waals surface area (Å²) in [6.45, 7) is 0. The predicted molar refractivity (Wildman–Crippen MR) is 227 cm³/mol. The number of H-pyrrole nitrogens is 2. The molecule has 4 heterocycles. The van der Waals surface area contributed by atoms with Crippen LogP contribution in [-0.4, -0.2) is 118 Å². The molecule has 2 radical (unpaired) electrons. The Morgan fingerprint density at radius 3 is 0.871 bits per heavy atom. The smallest absolute Gasteiger partial charge is 0.545 e. The zero-order chi connectivity index (χ0) is 39.9. The number of carboxylic acid groups (broad SMARTS) is 4. The number of hydrogen-bond donors (Lipinski definition) is 2. The molecule has 0 aliphatic rings. The Bertz CT molecular complexity index is 2200. The molecule has 8 rings (SSSR count). The van der Waals surface area contributed by atoms with Gasteiger partial charge in [0, 0.05) is 22.8 Å². The Kier molecular flexibility index (Phi) is 53.7. The third kappa shape index (κ3) is 25.6. The maximum absolute atomic E-state index is 10.5. The van der Waals surface area contributed by atoms with Crippen molar-refractivity contribution < 1.29 is 186 Å². The number of benzene rings is 4. The van der Waals surface area contributed by atoms with Gasteiger partial charge in [-0.25, -0.2) is 0 Å². The van der Waals surface area contributed by atoms with E-state index in [0.29, 0.717) is 45.6 Å². The van der Waals surface area contributed by atoms with Gasteiger partial charge >= 0.3 is 80.8 Å². The summed E-state index contributed by atoms with van der Waals surface area (Å²) in [4.78, 5) is 42.2. The van der Waals surface area contributed by atoms with Crippen LogP contribution in [0, 0.1) is 80.8 Å². The third-order valence-electron chi connectivity index (χ3n) is 6.75. The van der Waals surface area contributed by atoms with Crippen molar-refractivity contribution in [3.05, 3.63) is 119 Å². The van der Waals surface area contributed by atoms with Crippen LogP contribution < -0.4 is 30.6 Å². The predicted octanol–water partition coefficient (Wildman–Crippen LogP) is -14.5. The fourth-order valence-electron chi connectivity index (χ4n) is 4.23. The monoisotopic (exact) mass is 1280 g/mol. The average Bonchev–Trinajstić information content (AvgIpc) is 4.08. The molecule has 0 saturated heterocycles. The minimum Gasteiger partial charge on any atom is -0.545 e. The van der Waals surface area contributed by atoms with E-state index in [0.717, 1.165) is 0 Å². The summed E-state index contributed by atoms with van der Waals surface area (Å²) in [5, 5.41) is 96.0. The molecular weight excluding hydrogens is 1230 g/mol. The second kappa shape index (κ2) is 43.5. The van der Waals surface area contributed by atoms with Crippen LogP contribution in [0.15, 0.2) is 97.1 Å². The summed E-state index contributed by atoms with van der Waals surface area (Å²) in [5.74, 6) is -3.62. The standard InChI is InChI=1S/4C8H6N4O2.12H2O.2Sm/c4*13-8(14)6-3-1-2-5(4-6)7-9-11-12-10-7;;;;;;;;;;;;;;/h2*1-4H,(H,13,14)(H,9,10,11,12);2*1-4H,(H2,9,10,11,12,13,14);12*1H2;;/q;;;;;;;;;;;;;;;;2*+3/p+2. The van der Waals surface area contributed by atoms with Gasteiger partial charge in [-0.2, -0.15) is 20.9 Å². The van der Waals surface area contributed by atoms with Crippen LogP contribution in [-0.2, 0) is 43.8 Å². The first-order chi connectivity index (χ1) is 27.1. The van der Waals surface area contributed by atoms with Crippen LogP contribution in [0.4, 0.5) is 0 Å². The third-order valence-corrected chi connectivity index (χ3v) is 6.75. The molecule has 0 bridgehead atoms. The summed E-state index contributed by atoms with van der Waals surface area (Å²) >= 11 is 0. The van der Waals surface area contributed by atoms with Crippen molar-refractivity contribution >= 4 is 23.9 Å². The van der Waals surface area contributed by atoms with Crippen molar-refractivity contribution in [1.29, 1.82) is 0 Å². The number of carboxylic acids is 4. The molecule has 0 unspecified atom stereocenters. The molecule has 0 aliphatic heterocycles. The van der Waals surface area contributed by atoms with Gasteiger partial charge in [0.25, 0.3) is 0 Å². The first-order valence-corrected chi connectivity index (χ1v) is 15.2. The molecule has 8 aromatic rings. The van der Waals surface area contributed by atoms with Crippen molar-refractivity contribution in [1.82, 2.24) is 82.5 Å². The molecule has 0 fully saturated rings. The Labute approximate surface area is 453 Å². The summed E-state index contributed by atoms with van der Waals surface area (Å²) in [6.07, 6.45) is 0. The van der Waals surface area contributed by atoms with E-state index < -0.39 is 23.9 Å². The van der Waals surface area contributed by atoms with Crippen molar-refractivity contribution in [2.45, 2.75) is 0 Å². The first kappa shape index (κ1) is 86.4. The number of hydrogen-bond acceptors (Lipinski definition) is 20. The maximum Gasteiger partial charge on any atom is 3.00 e. The van der Waals surface area contributed by atoms with Crippen molar-refractivity contribution in [3.63, 3.8) is 0 Å². The van der Waals surface area contributed by atoms with E-state index in [2.05, 4.69) is 82.5 Å². The Hall–Kier alpha value is -6.76. The molecule has 0 amide bonds. The van der Waals surface area contributed by atoms with Crippen LogP contribution in [0.3, 0.4) is 0 Å². The van der Waals surface area contributed by atoms with Crippen LogP contribution in [0.5, 0.6) is 0 Å². The van der Waals surface area contributed by atoms with Gasteiger partial charge in [-0.3, -0.25) is 20.6 Å². The SMILES string of the molecule is O.O.O.O.O=C([O-])c1cccc(-c2nn[nH]n2)c1.O=C([O-])c1cccc(-c2nn[nH]n2)c1.O=C([O-])c1cccc(-c2nnn[n-]2)c1.O=C([O-])c1cccc(-c2nnn[n-]2)c1.[OH3+].[OH3+].[OH3+].[OH3+].[OH3+].[OH3+].[OH3+].[OH3+].[Sm+3].[Sm+3]. The van der Waals surface area contributed by atoms with Gasteiger partial charge in [-0.15, -0.1) is 20.4 Å². The van der Waals surface area contributed by atoms with E-state index in [1.807, 2.05) is 0 Å². The average molecular weight is 1280 g/mol. The van der Waals surface area contributed by atoms with Crippen LogP contribution in [0.2, 0.25) is 0 Å². The molecule has 0 saturated carbocycles. The van der Waals surface area contributed by atoms with Crippen LogP contribution in [0.25, 0.3) is 45.6 Å². The number of nitrogens with zero attached hydrogens (tertiary/aromatic N) is 14. The van der Waals surface area contributed by atoms with Crippen molar-refractivity contribution in [2.24, 2.45) is 0 Å². The summed E-state index contributed by atoms with van der Waals surface area (Å²) in [6, 6.07) is 24.5. The van der Waals surface area contributed by atoms with E-state index in [1.54, 1.807) is 48.5 Å². The minimum absolute atomic E-state index is 0. The number of rotatable bonds is 8. The molecule has 0 spiro atoms. The number of aromatic carboxylic acids is 4. The Morgan fingerprint density at radius 1 is 0.400 bits per heavy atom. The van der Waals surface area contributed by atoms with Gasteiger partial charge in [0.2, 0.25) is 11.6 Å². The Morgan fingerprint density at radius 2 is 0.657 bits per heavy atom. The fourth-order valence-corrected chi connectivity index (χ4v) is 4.23. The van der Waals surface area contributed by atoms with Gasteiger partial charge in [0.05, 0.1) is 23.9 Å². The maximum atomic E-state index is 10.5. The minimum atomic E-state index is -1.24. The van der Waals surface area contributed by atoms with Gasteiger partial charge in [0.1, 0.15) is 0 Å². The van der Waals surface area contributed by atoms with Gasteiger partial charge < -0.3 is 116 Å². The van der Waals surface area contributed by atoms with Crippen LogP contribution in [0.1, 0.15) is 41.4 Å². The van der Waals surface area contributed by atoms with Crippen molar-refractivity contribution in [2.75, 3.05) is 0 Å². The summed E-state index contributed by atoms with van der Waals surface area (Å²) < 4.78 is 0. The van der Waals surface area contributed by atoms with Gasteiger partial charge in [-0.05, 0) is 68.1 Å². The Balaban J connectivity index is -0.0000000804. The molecular formula is C32H50N16O20Sm2+8. The topological polar surface area (TPSA) is 765 Å². The van der Waals surface area contributed by atoms with E-state index >= 15 is 0 Å². The number of aromatic nitrogens is 16. The van der Waals surface area contributed by atoms with E-state index in [1.165, 1.54) is 48.5 Å². The zero-order valence-corrected chi connectivity index (χ0v) is 40.4. The molecule has 0 atom stereocenters. The van der Waals surface area contributed by atoms with Gasteiger partial charge in [0.15, 0.2) is 0 Å². The molecule has 34 N–H and O–H groups in total. The number of aromatic amines is 2. The fraction of sp³-hybridized carbons (Fsp3) is 0. The summed E-state index contributed by atoms with van der Waals surface area (Å²) in [7, 11) is 0. The van der Waals surface area contributed by atoms with Gasteiger partial charge in [-0.1, -0.05) is 72.8 Å². The van der Waals surface area contributed by atoms with Crippen LogP contribution >= 0.6 is 0 Å². The molecule has 36 nitrogen and oxygen atoms in total. The largest absolute Gasteiger partial charge is 3.00 e. The summed E-state index contributed by atoms with van der Waals surface area (Å²) in [5.41, 5.74) is 2.61. The second-order valence-corrected chi connectivity index (χ2v) is 10.3. The molecule has 38 heteroatoms. The molecule has 0 aliphatic carbocycles. The van der Waals surface area contributed by atoms with E-state index in [4.69, 9.17) is 0 Å². The normalized spacial score (nSPS) is 8.00. The number of carbonyl (C=O) groups excluding carboxylic acids is 4. The zero-order valence-electron chi connectivity index (χ0n) is 35.2. The molecule has 70 heavy (non-hydrogen) atoms. The quantitative estimate of drug-likeness (QED) is 0.133. The number of tetrazole rings is 4. The first-order valence-electron chi connectivity index (χ1n) is 15.2. The van der Waals surface area contributed by atoms with E-state index in [-0.39, 0.29) is 169 Å². The number of nitrogens with one attached hydrogen (secondary N) is 2. The molecule has 382 valence electrons. The molecule has 4 aromatic carbocycles. The second-order valence-electron chi connectivity index (χ2n) is 10.3. The van der Waals surface area contributed by atoms with Crippen molar-refractivity contribution in [3.8, 4) is 45.6 Å². The molecule has 4 aromatic heterocycles. The van der Waals surface area contributed by atoms with E-state index in [9.17, 15) is 39.6 Å². The number of carbonyl (C=O) groups is 4.